The molecule has 1 aromatic heterocycles. The Morgan fingerprint density at radius 3 is 3.11 bits per heavy atom. The van der Waals surface area contributed by atoms with Crippen molar-refractivity contribution < 1.29 is 9.13 Å². The van der Waals surface area contributed by atoms with E-state index in [1.807, 2.05) is 11.4 Å². The van der Waals surface area contributed by atoms with Crippen LogP contribution in [-0.4, -0.2) is 24.7 Å². The minimum Gasteiger partial charge on any atom is -0.368 e. The fourth-order valence-electron chi connectivity index (χ4n) is 1.98. The van der Waals surface area contributed by atoms with Crippen molar-refractivity contribution in [1.29, 1.82) is 0 Å². The number of nitrogens with one attached hydrogen (secondary N) is 1. The summed E-state index contributed by atoms with van der Waals surface area (Å²) < 4.78 is 20.3. The van der Waals surface area contributed by atoms with Crippen molar-refractivity contribution in [2.24, 2.45) is 0 Å². The van der Waals surface area contributed by atoms with Crippen LogP contribution in [-0.2, 0) is 4.74 Å². The van der Waals surface area contributed by atoms with Crippen molar-refractivity contribution in [1.82, 2.24) is 10.3 Å². The lowest BCUT2D eigenvalue weighted by Crippen LogP contribution is -2.33. The van der Waals surface area contributed by atoms with Crippen molar-refractivity contribution in [3.8, 4) is 11.3 Å². The molecule has 2 aromatic rings. The molecule has 0 amide bonds. The molecular formula is C13H12BrFN2OS. The molecule has 1 saturated heterocycles. The van der Waals surface area contributed by atoms with Gasteiger partial charge in [-0.05, 0) is 18.2 Å². The standard InChI is InChI=1S/C13H12BrFN2OS/c14-8-1-2-9(10(15)5-8)11-7-19-13(17-11)12-6-16-3-4-18-12/h1-2,5,7,12,16H,3-4,6H2. The van der Waals surface area contributed by atoms with Gasteiger partial charge in [-0.1, -0.05) is 15.9 Å². The molecule has 1 N–H and O–H groups in total. The van der Waals surface area contributed by atoms with E-state index in [1.165, 1.54) is 17.4 Å². The van der Waals surface area contributed by atoms with E-state index in [1.54, 1.807) is 6.07 Å². The second-order valence-electron chi connectivity index (χ2n) is 4.26. The molecular weight excluding hydrogens is 331 g/mol. The number of aromatic nitrogens is 1. The molecule has 1 aromatic carbocycles. The average molecular weight is 343 g/mol. The number of thiazole rings is 1. The average Bonchev–Trinajstić information content (AvgIpc) is 2.89. The van der Waals surface area contributed by atoms with Crippen LogP contribution in [0.1, 0.15) is 11.1 Å². The first-order valence-corrected chi connectivity index (χ1v) is 7.64. The summed E-state index contributed by atoms with van der Waals surface area (Å²) in [6, 6.07) is 5.00. The quantitative estimate of drug-likeness (QED) is 0.908. The second-order valence-corrected chi connectivity index (χ2v) is 6.06. The van der Waals surface area contributed by atoms with E-state index in [9.17, 15) is 4.39 Å². The first-order chi connectivity index (χ1) is 9.24. The Labute approximate surface area is 122 Å². The highest BCUT2D eigenvalue weighted by Gasteiger charge is 2.20. The largest absolute Gasteiger partial charge is 0.368 e. The first kappa shape index (κ1) is 13.2. The van der Waals surface area contributed by atoms with Crippen LogP contribution >= 0.6 is 27.3 Å². The molecule has 3 nitrogen and oxygen atoms in total. The van der Waals surface area contributed by atoms with E-state index >= 15 is 0 Å². The normalized spacial score (nSPS) is 19.6. The molecule has 0 spiro atoms. The zero-order valence-corrected chi connectivity index (χ0v) is 12.4. The van der Waals surface area contributed by atoms with Gasteiger partial charge in [-0.25, -0.2) is 9.37 Å². The van der Waals surface area contributed by atoms with Crippen LogP contribution in [0.3, 0.4) is 0 Å². The van der Waals surface area contributed by atoms with E-state index in [0.29, 0.717) is 17.9 Å². The summed E-state index contributed by atoms with van der Waals surface area (Å²) in [5.74, 6) is -0.270. The van der Waals surface area contributed by atoms with Crippen molar-refractivity contribution in [2.45, 2.75) is 6.10 Å². The Hall–Kier alpha value is -0.820. The number of hydrogen-bond donors (Lipinski definition) is 1. The van der Waals surface area contributed by atoms with Crippen LogP contribution in [0.15, 0.2) is 28.1 Å². The van der Waals surface area contributed by atoms with Crippen molar-refractivity contribution >= 4 is 27.3 Å². The zero-order valence-electron chi connectivity index (χ0n) is 10.0. The maximum absolute atomic E-state index is 13.9. The van der Waals surface area contributed by atoms with Crippen LogP contribution < -0.4 is 5.32 Å². The van der Waals surface area contributed by atoms with Gasteiger partial charge in [0.2, 0.25) is 0 Å². The van der Waals surface area contributed by atoms with Crippen LogP contribution in [0, 0.1) is 5.82 Å². The maximum atomic E-state index is 13.9. The Bertz CT molecular complexity index is 584. The summed E-state index contributed by atoms with van der Waals surface area (Å²) in [6.45, 7) is 2.32. The first-order valence-electron chi connectivity index (χ1n) is 5.97. The maximum Gasteiger partial charge on any atom is 0.133 e. The van der Waals surface area contributed by atoms with Crippen LogP contribution in [0.4, 0.5) is 4.39 Å². The molecule has 1 unspecified atom stereocenters. The SMILES string of the molecule is Fc1cc(Br)ccc1-c1csc(C2CNCCO2)n1. The third-order valence-corrected chi connectivity index (χ3v) is 4.36. The predicted molar refractivity (Wildman–Crippen MR) is 76.8 cm³/mol. The second kappa shape index (κ2) is 5.66. The minimum absolute atomic E-state index is 0.0222. The summed E-state index contributed by atoms with van der Waals surface area (Å²) in [5.41, 5.74) is 1.19. The Morgan fingerprint density at radius 1 is 1.47 bits per heavy atom. The molecule has 0 radical (unpaired) electrons. The molecule has 19 heavy (non-hydrogen) atoms. The highest BCUT2D eigenvalue weighted by atomic mass is 79.9. The van der Waals surface area contributed by atoms with Crippen molar-refractivity contribution in [3.63, 3.8) is 0 Å². The smallest absolute Gasteiger partial charge is 0.133 e. The number of nitrogens with zero attached hydrogens (tertiary/aromatic N) is 1. The molecule has 1 aliphatic rings. The molecule has 6 heteroatoms. The molecule has 1 fully saturated rings. The number of ether oxygens (including phenoxy) is 1. The highest BCUT2D eigenvalue weighted by Crippen LogP contribution is 2.30. The third kappa shape index (κ3) is 2.86. The van der Waals surface area contributed by atoms with E-state index in [2.05, 4.69) is 26.2 Å². The van der Waals surface area contributed by atoms with Gasteiger partial charge in [-0.2, -0.15) is 0 Å². The van der Waals surface area contributed by atoms with E-state index in [4.69, 9.17) is 4.74 Å². The number of morpholine rings is 1. The van der Waals surface area contributed by atoms with Gasteiger partial charge in [0.25, 0.3) is 0 Å². The number of benzene rings is 1. The van der Waals surface area contributed by atoms with Gasteiger partial charge in [-0.3, -0.25) is 0 Å². The number of hydrogen-bond acceptors (Lipinski definition) is 4. The molecule has 0 bridgehead atoms. The van der Waals surface area contributed by atoms with Gasteiger partial charge in [0.15, 0.2) is 0 Å². The summed E-state index contributed by atoms with van der Waals surface area (Å²) >= 11 is 4.76. The van der Waals surface area contributed by atoms with E-state index in [0.717, 1.165) is 22.6 Å². The Morgan fingerprint density at radius 2 is 2.37 bits per heavy atom. The molecule has 1 atom stereocenters. The minimum atomic E-state index is -0.270. The third-order valence-electron chi connectivity index (χ3n) is 2.93. The van der Waals surface area contributed by atoms with Crippen molar-refractivity contribution in [3.05, 3.63) is 38.9 Å². The van der Waals surface area contributed by atoms with E-state index in [-0.39, 0.29) is 11.9 Å². The fraction of sp³-hybridized carbons (Fsp3) is 0.308. The van der Waals surface area contributed by atoms with Gasteiger partial charge in [0, 0.05) is 28.5 Å². The van der Waals surface area contributed by atoms with Crippen LogP contribution in [0.2, 0.25) is 0 Å². The van der Waals surface area contributed by atoms with Gasteiger partial charge >= 0.3 is 0 Å². The lowest BCUT2D eigenvalue weighted by Gasteiger charge is -2.21. The van der Waals surface area contributed by atoms with Crippen molar-refractivity contribution in [2.75, 3.05) is 19.7 Å². The molecule has 100 valence electrons. The number of rotatable bonds is 2. The summed E-state index contributed by atoms with van der Waals surface area (Å²) in [4.78, 5) is 4.49. The van der Waals surface area contributed by atoms with Gasteiger partial charge < -0.3 is 10.1 Å². The summed E-state index contributed by atoms with van der Waals surface area (Å²) in [7, 11) is 0. The summed E-state index contributed by atoms with van der Waals surface area (Å²) in [5, 5.41) is 6.03. The fourth-order valence-corrected chi connectivity index (χ4v) is 3.18. The monoisotopic (exact) mass is 342 g/mol. The molecule has 3 rings (SSSR count). The van der Waals surface area contributed by atoms with Crippen LogP contribution in [0.5, 0.6) is 0 Å². The molecule has 0 aliphatic carbocycles. The molecule has 0 saturated carbocycles. The molecule has 2 heterocycles. The Kier molecular flexibility index (Phi) is 3.93. The zero-order chi connectivity index (χ0) is 13.2. The lowest BCUT2D eigenvalue weighted by atomic mass is 10.1. The van der Waals surface area contributed by atoms with Gasteiger partial charge in [-0.15, -0.1) is 11.3 Å². The molecule has 1 aliphatic heterocycles. The van der Waals surface area contributed by atoms with E-state index < -0.39 is 0 Å². The van der Waals surface area contributed by atoms with Gasteiger partial charge in [0.05, 0.1) is 12.3 Å². The van der Waals surface area contributed by atoms with Gasteiger partial charge in [0.1, 0.15) is 16.9 Å². The predicted octanol–water partition coefficient (Wildman–Crippen LogP) is 3.37. The lowest BCUT2D eigenvalue weighted by molar-refractivity contribution is 0.0276. The highest BCUT2D eigenvalue weighted by molar-refractivity contribution is 9.10. The van der Waals surface area contributed by atoms with Crippen LogP contribution in [0.25, 0.3) is 11.3 Å². The summed E-state index contributed by atoms with van der Waals surface area (Å²) in [6.07, 6.45) is -0.0222. The number of halogens is 2. The Balaban J connectivity index is 1.87. The topological polar surface area (TPSA) is 34.1 Å².